The number of alkyl halides is 3. The Hall–Kier alpha value is -1.84. The van der Waals surface area contributed by atoms with E-state index in [1.54, 1.807) is 0 Å². The van der Waals surface area contributed by atoms with Gasteiger partial charge in [0.05, 0.1) is 5.56 Å². The van der Waals surface area contributed by atoms with E-state index in [1.165, 1.54) is 12.1 Å². The Morgan fingerprint density at radius 3 is 2.26 bits per heavy atom. The second kappa shape index (κ2) is 4.08. The van der Waals surface area contributed by atoms with Gasteiger partial charge in [0.2, 0.25) is 0 Å². The molecule has 2 bridgehead atoms. The maximum Gasteiger partial charge on any atom is 0.416 e. The first-order valence-electron chi connectivity index (χ1n) is 6.07. The standard InChI is InChI=1S/C15H11F3O/c16-15(17,18)12-5-3-10(4-6-12)14(19)13-8-9-1-2-11(13)7-9/h1-6,8-9,11H,7H2. The molecule has 0 heterocycles. The van der Waals surface area contributed by atoms with E-state index in [0.717, 1.165) is 18.6 Å². The molecule has 1 aromatic rings. The first-order chi connectivity index (χ1) is 8.95. The highest BCUT2D eigenvalue weighted by molar-refractivity contribution is 6.09. The molecule has 0 spiro atoms. The number of benzene rings is 1. The van der Waals surface area contributed by atoms with Gasteiger partial charge >= 0.3 is 6.18 Å². The Morgan fingerprint density at radius 1 is 1.11 bits per heavy atom. The zero-order valence-corrected chi connectivity index (χ0v) is 9.95. The number of ketones is 1. The number of hydrogen-bond acceptors (Lipinski definition) is 1. The quantitative estimate of drug-likeness (QED) is 0.582. The summed E-state index contributed by atoms with van der Waals surface area (Å²) in [5, 5.41) is 0. The van der Waals surface area contributed by atoms with Gasteiger partial charge in [-0.25, -0.2) is 0 Å². The predicted molar refractivity (Wildman–Crippen MR) is 64.6 cm³/mol. The monoisotopic (exact) mass is 264 g/mol. The molecule has 3 rings (SSSR count). The van der Waals surface area contributed by atoms with Gasteiger partial charge in [-0.2, -0.15) is 13.2 Å². The minimum atomic E-state index is -4.37. The molecule has 0 saturated carbocycles. The lowest BCUT2D eigenvalue weighted by atomic mass is 9.94. The Bertz CT molecular complexity index is 578. The summed E-state index contributed by atoms with van der Waals surface area (Å²) in [5.41, 5.74) is 0.304. The van der Waals surface area contributed by atoms with Crippen LogP contribution in [0.3, 0.4) is 0 Å². The van der Waals surface area contributed by atoms with Gasteiger partial charge in [-0.1, -0.05) is 30.4 Å². The number of hydrogen-bond donors (Lipinski definition) is 0. The molecule has 2 unspecified atom stereocenters. The summed E-state index contributed by atoms with van der Waals surface area (Å²) in [7, 11) is 0. The van der Waals surface area contributed by atoms with Gasteiger partial charge in [0.15, 0.2) is 5.78 Å². The van der Waals surface area contributed by atoms with E-state index < -0.39 is 11.7 Å². The van der Waals surface area contributed by atoms with E-state index >= 15 is 0 Å². The highest BCUT2D eigenvalue weighted by Crippen LogP contribution is 2.39. The zero-order chi connectivity index (χ0) is 13.6. The molecule has 2 aliphatic carbocycles. The molecule has 4 heteroatoms. The van der Waals surface area contributed by atoms with Crippen LogP contribution in [0, 0.1) is 11.8 Å². The fourth-order valence-electron chi connectivity index (χ4n) is 2.66. The molecule has 2 aliphatic rings. The van der Waals surface area contributed by atoms with Crippen LogP contribution in [-0.2, 0) is 6.18 Å². The van der Waals surface area contributed by atoms with Crippen LogP contribution in [0.1, 0.15) is 22.3 Å². The molecule has 98 valence electrons. The normalized spacial score (nSPS) is 24.7. The number of fused-ring (bicyclic) bond motifs is 2. The van der Waals surface area contributed by atoms with Crippen LogP contribution in [0.25, 0.3) is 0 Å². The minimum absolute atomic E-state index is 0.139. The van der Waals surface area contributed by atoms with Gasteiger partial charge in [-0.15, -0.1) is 0 Å². The van der Waals surface area contributed by atoms with Crippen molar-refractivity contribution in [3.63, 3.8) is 0 Å². The summed E-state index contributed by atoms with van der Waals surface area (Å²) < 4.78 is 37.3. The third-order valence-electron chi connectivity index (χ3n) is 3.65. The van der Waals surface area contributed by atoms with Crippen LogP contribution in [0.5, 0.6) is 0 Å². The average Bonchev–Trinajstić information content (AvgIpc) is 2.99. The van der Waals surface area contributed by atoms with Gasteiger partial charge in [0.25, 0.3) is 0 Å². The zero-order valence-electron chi connectivity index (χ0n) is 9.95. The van der Waals surface area contributed by atoms with Crippen molar-refractivity contribution in [1.29, 1.82) is 0 Å². The van der Waals surface area contributed by atoms with E-state index in [1.807, 2.05) is 12.2 Å². The van der Waals surface area contributed by atoms with E-state index in [9.17, 15) is 18.0 Å². The highest BCUT2D eigenvalue weighted by Gasteiger charge is 2.33. The molecular formula is C15H11F3O. The molecule has 1 nitrogen and oxygen atoms in total. The van der Waals surface area contributed by atoms with Gasteiger partial charge < -0.3 is 0 Å². The Kier molecular flexibility index (Phi) is 2.62. The Morgan fingerprint density at radius 2 is 1.79 bits per heavy atom. The number of allylic oxidation sites excluding steroid dienone is 4. The minimum Gasteiger partial charge on any atom is -0.289 e. The number of carbonyl (C=O) groups excluding carboxylic acids is 1. The molecule has 0 radical (unpaired) electrons. The Labute approximate surface area is 108 Å². The van der Waals surface area contributed by atoms with Crippen molar-refractivity contribution in [3.05, 3.63) is 59.2 Å². The molecule has 0 aliphatic heterocycles. The van der Waals surface area contributed by atoms with Crippen molar-refractivity contribution >= 4 is 5.78 Å². The molecular weight excluding hydrogens is 253 g/mol. The molecule has 0 N–H and O–H groups in total. The second-order valence-corrected chi connectivity index (χ2v) is 4.92. The number of halogens is 3. The lowest BCUT2D eigenvalue weighted by molar-refractivity contribution is -0.137. The van der Waals surface area contributed by atoms with Gasteiger partial charge in [-0.05, 0) is 24.5 Å². The van der Waals surface area contributed by atoms with Gasteiger partial charge in [-0.3, -0.25) is 4.79 Å². The summed E-state index contributed by atoms with van der Waals surface area (Å²) in [4.78, 5) is 12.2. The van der Waals surface area contributed by atoms with Gasteiger partial charge in [0.1, 0.15) is 0 Å². The first kappa shape index (κ1) is 12.2. The van der Waals surface area contributed by atoms with Crippen LogP contribution in [0.4, 0.5) is 13.2 Å². The van der Waals surface area contributed by atoms with Crippen molar-refractivity contribution in [1.82, 2.24) is 0 Å². The van der Waals surface area contributed by atoms with E-state index in [2.05, 4.69) is 6.08 Å². The Balaban J connectivity index is 1.84. The molecule has 0 aromatic heterocycles. The van der Waals surface area contributed by atoms with Crippen LogP contribution in [0.15, 0.2) is 48.1 Å². The summed E-state index contributed by atoms with van der Waals surface area (Å²) in [6.45, 7) is 0. The van der Waals surface area contributed by atoms with Crippen molar-refractivity contribution in [2.45, 2.75) is 12.6 Å². The van der Waals surface area contributed by atoms with Crippen LogP contribution in [-0.4, -0.2) is 5.78 Å². The summed E-state index contributed by atoms with van der Waals surface area (Å²) in [5.74, 6) is 0.295. The molecule has 0 amide bonds. The van der Waals surface area contributed by atoms with Crippen molar-refractivity contribution < 1.29 is 18.0 Å². The summed E-state index contributed by atoms with van der Waals surface area (Å²) in [6.07, 6.45) is 2.54. The fourth-order valence-corrected chi connectivity index (χ4v) is 2.66. The fraction of sp³-hybridized carbons (Fsp3) is 0.267. The number of rotatable bonds is 2. The van der Waals surface area contributed by atoms with Gasteiger partial charge in [0, 0.05) is 17.1 Å². The molecule has 0 fully saturated rings. The average molecular weight is 264 g/mol. The van der Waals surface area contributed by atoms with E-state index in [0.29, 0.717) is 17.1 Å². The molecule has 2 atom stereocenters. The maximum atomic E-state index is 12.4. The maximum absolute atomic E-state index is 12.4. The summed E-state index contributed by atoms with van der Waals surface area (Å²) in [6, 6.07) is 4.41. The van der Waals surface area contributed by atoms with Crippen molar-refractivity contribution in [2.75, 3.05) is 0 Å². The highest BCUT2D eigenvalue weighted by atomic mass is 19.4. The third kappa shape index (κ3) is 2.11. The van der Waals surface area contributed by atoms with Crippen LogP contribution < -0.4 is 0 Å². The topological polar surface area (TPSA) is 17.1 Å². The van der Waals surface area contributed by atoms with Crippen molar-refractivity contribution in [3.8, 4) is 0 Å². The molecule has 19 heavy (non-hydrogen) atoms. The second-order valence-electron chi connectivity index (χ2n) is 4.92. The predicted octanol–water partition coefficient (Wildman–Crippen LogP) is 4.02. The van der Waals surface area contributed by atoms with Crippen molar-refractivity contribution in [2.24, 2.45) is 11.8 Å². The lowest BCUT2D eigenvalue weighted by Gasteiger charge is -2.10. The SMILES string of the molecule is O=C(C1=CC2C=CC1C2)c1ccc(C(F)(F)F)cc1. The molecule has 1 aromatic carbocycles. The molecule has 0 saturated heterocycles. The first-order valence-corrected chi connectivity index (χ1v) is 6.07. The smallest absolute Gasteiger partial charge is 0.289 e. The van der Waals surface area contributed by atoms with E-state index in [-0.39, 0.29) is 11.7 Å². The van der Waals surface area contributed by atoms with Crippen LogP contribution >= 0.6 is 0 Å². The third-order valence-corrected chi connectivity index (χ3v) is 3.65. The van der Waals surface area contributed by atoms with Crippen LogP contribution in [0.2, 0.25) is 0 Å². The summed E-state index contributed by atoms with van der Waals surface area (Å²) >= 11 is 0. The number of carbonyl (C=O) groups is 1. The lowest BCUT2D eigenvalue weighted by Crippen LogP contribution is -2.10. The number of Topliss-reactive ketones (excluding diaryl/α,β-unsaturated/α-hetero) is 1. The largest absolute Gasteiger partial charge is 0.416 e. The van der Waals surface area contributed by atoms with E-state index in [4.69, 9.17) is 0 Å².